The Balaban J connectivity index is 1.93. The quantitative estimate of drug-likeness (QED) is 0.835. The van der Waals surface area contributed by atoms with Crippen molar-refractivity contribution in [3.8, 4) is 0 Å². The van der Waals surface area contributed by atoms with Crippen LogP contribution < -0.4 is 5.32 Å². The molecular formula is C13H20N2O3. The maximum Gasteiger partial charge on any atom is 0.360 e. The van der Waals surface area contributed by atoms with E-state index in [1.165, 1.54) is 12.7 Å². The largest absolute Gasteiger partial charge is 0.461 e. The van der Waals surface area contributed by atoms with Crippen LogP contribution in [0.5, 0.6) is 0 Å². The Labute approximate surface area is 107 Å². The summed E-state index contributed by atoms with van der Waals surface area (Å²) in [5.41, 5.74) is 0.588. The van der Waals surface area contributed by atoms with Crippen LogP contribution in [0.25, 0.3) is 0 Å². The van der Waals surface area contributed by atoms with Gasteiger partial charge in [-0.15, -0.1) is 0 Å². The number of esters is 1. The lowest BCUT2D eigenvalue weighted by Gasteiger charge is -2.16. The van der Waals surface area contributed by atoms with E-state index in [1.807, 2.05) is 0 Å². The first-order valence-electron chi connectivity index (χ1n) is 6.39. The van der Waals surface area contributed by atoms with Crippen LogP contribution in [0, 0.1) is 5.41 Å². The molecule has 0 amide bonds. The molecular weight excluding hydrogens is 232 g/mol. The third-order valence-electron chi connectivity index (χ3n) is 3.28. The number of hydrogen-bond donors (Lipinski definition) is 1. The van der Waals surface area contributed by atoms with Crippen molar-refractivity contribution >= 4 is 12.0 Å². The van der Waals surface area contributed by atoms with Gasteiger partial charge in [-0.3, -0.25) is 0 Å². The summed E-state index contributed by atoms with van der Waals surface area (Å²) in [4.78, 5) is 15.5. The van der Waals surface area contributed by atoms with Crippen molar-refractivity contribution in [3.63, 3.8) is 0 Å². The van der Waals surface area contributed by atoms with Crippen molar-refractivity contribution < 1.29 is 13.9 Å². The monoisotopic (exact) mass is 252 g/mol. The summed E-state index contributed by atoms with van der Waals surface area (Å²) in [6.45, 7) is 6.62. The Morgan fingerprint density at radius 1 is 1.67 bits per heavy atom. The lowest BCUT2D eigenvalue weighted by Crippen LogP contribution is -2.17. The maximum absolute atomic E-state index is 11.4. The molecule has 0 saturated heterocycles. The molecule has 5 nitrogen and oxygen atoms in total. The molecule has 1 aliphatic carbocycles. The number of carbonyl (C=O) groups excluding carboxylic acids is 1. The van der Waals surface area contributed by atoms with Crippen LogP contribution in [0.4, 0.5) is 6.01 Å². The molecule has 0 aliphatic heterocycles. The van der Waals surface area contributed by atoms with Crippen molar-refractivity contribution in [2.45, 2.75) is 46.1 Å². The molecule has 0 spiro atoms. The summed E-state index contributed by atoms with van der Waals surface area (Å²) < 4.78 is 10.1. The predicted molar refractivity (Wildman–Crippen MR) is 67.5 cm³/mol. The van der Waals surface area contributed by atoms with Crippen molar-refractivity contribution in [2.75, 3.05) is 11.9 Å². The third-order valence-corrected chi connectivity index (χ3v) is 3.28. The first-order valence-corrected chi connectivity index (χ1v) is 6.39. The van der Waals surface area contributed by atoms with E-state index in [0.717, 1.165) is 12.8 Å². The van der Waals surface area contributed by atoms with E-state index in [1.54, 1.807) is 6.92 Å². The summed E-state index contributed by atoms with van der Waals surface area (Å²) in [5.74, 6) is -0.443. The molecule has 5 heteroatoms. The number of ether oxygens (including phenoxy) is 1. The van der Waals surface area contributed by atoms with Crippen LogP contribution in [0.15, 0.2) is 10.7 Å². The van der Waals surface area contributed by atoms with Crippen LogP contribution >= 0.6 is 0 Å². The van der Waals surface area contributed by atoms with Gasteiger partial charge in [0.2, 0.25) is 0 Å². The molecule has 1 atom stereocenters. The molecule has 1 aromatic rings. The molecule has 1 aliphatic rings. The van der Waals surface area contributed by atoms with Gasteiger partial charge in [0.05, 0.1) is 6.61 Å². The summed E-state index contributed by atoms with van der Waals surface area (Å²) in [5, 5.41) is 3.23. The lowest BCUT2D eigenvalue weighted by atomic mass is 9.92. The summed E-state index contributed by atoms with van der Waals surface area (Å²) >= 11 is 0. The van der Waals surface area contributed by atoms with E-state index in [0.29, 0.717) is 24.1 Å². The number of nitrogens with zero attached hydrogens (tertiary/aromatic N) is 1. The van der Waals surface area contributed by atoms with Gasteiger partial charge in [-0.05, 0) is 31.6 Å². The van der Waals surface area contributed by atoms with E-state index in [4.69, 9.17) is 9.15 Å². The van der Waals surface area contributed by atoms with Gasteiger partial charge in [0, 0.05) is 6.04 Å². The molecule has 1 N–H and O–H groups in total. The lowest BCUT2D eigenvalue weighted by molar-refractivity contribution is 0.0519. The second-order valence-corrected chi connectivity index (χ2v) is 5.51. The molecule has 0 radical (unpaired) electrons. The Kier molecular flexibility index (Phi) is 3.59. The van der Waals surface area contributed by atoms with Gasteiger partial charge in [0.1, 0.15) is 6.26 Å². The molecule has 1 unspecified atom stereocenters. The summed E-state index contributed by atoms with van der Waals surface area (Å²) in [6.07, 6.45) is 4.71. The van der Waals surface area contributed by atoms with Gasteiger partial charge in [-0.1, -0.05) is 13.8 Å². The second kappa shape index (κ2) is 5.00. The molecule has 100 valence electrons. The van der Waals surface area contributed by atoms with Gasteiger partial charge in [-0.2, -0.15) is 4.98 Å². The average molecular weight is 252 g/mol. The summed E-state index contributed by atoms with van der Waals surface area (Å²) in [7, 11) is 0. The highest BCUT2D eigenvalue weighted by Gasteiger charge is 2.31. The van der Waals surface area contributed by atoms with Crippen molar-refractivity contribution in [1.82, 2.24) is 4.98 Å². The SMILES string of the molecule is CCOC(=O)c1coc(NC2CCC(C)(C)C2)n1. The Hall–Kier alpha value is -1.52. The summed E-state index contributed by atoms with van der Waals surface area (Å²) in [6, 6.07) is 0.773. The van der Waals surface area contributed by atoms with Gasteiger partial charge in [0.15, 0.2) is 5.69 Å². The number of anilines is 1. The first kappa shape index (κ1) is 12.9. The Morgan fingerprint density at radius 2 is 2.44 bits per heavy atom. The number of nitrogens with one attached hydrogen (secondary N) is 1. The van der Waals surface area contributed by atoms with Gasteiger partial charge < -0.3 is 14.5 Å². The fourth-order valence-corrected chi connectivity index (χ4v) is 2.37. The first-order chi connectivity index (χ1) is 8.50. The predicted octanol–water partition coefficient (Wildman–Crippen LogP) is 2.84. The standard InChI is InChI=1S/C13H20N2O3/c1-4-17-11(16)10-8-18-12(15-10)14-9-5-6-13(2,3)7-9/h8-9H,4-7H2,1-3H3,(H,14,15). The topological polar surface area (TPSA) is 64.4 Å². The zero-order valence-corrected chi connectivity index (χ0v) is 11.2. The fourth-order valence-electron chi connectivity index (χ4n) is 2.37. The van der Waals surface area contributed by atoms with E-state index in [9.17, 15) is 4.79 Å². The molecule has 0 aromatic carbocycles. The Morgan fingerprint density at radius 3 is 3.06 bits per heavy atom. The van der Waals surface area contributed by atoms with Gasteiger partial charge in [-0.25, -0.2) is 4.79 Å². The van der Waals surface area contributed by atoms with Crippen LogP contribution in [0.1, 0.15) is 50.5 Å². The number of hydrogen-bond acceptors (Lipinski definition) is 5. The second-order valence-electron chi connectivity index (χ2n) is 5.51. The molecule has 1 saturated carbocycles. The highest BCUT2D eigenvalue weighted by molar-refractivity contribution is 5.87. The molecule has 18 heavy (non-hydrogen) atoms. The number of aromatic nitrogens is 1. The Bertz CT molecular complexity index is 426. The van der Waals surface area contributed by atoms with Crippen LogP contribution in [-0.4, -0.2) is 23.6 Å². The van der Waals surface area contributed by atoms with Crippen molar-refractivity contribution in [1.29, 1.82) is 0 Å². The van der Waals surface area contributed by atoms with Gasteiger partial charge >= 0.3 is 5.97 Å². The van der Waals surface area contributed by atoms with Crippen molar-refractivity contribution in [3.05, 3.63) is 12.0 Å². The fraction of sp³-hybridized carbons (Fsp3) is 0.692. The van der Waals surface area contributed by atoms with E-state index < -0.39 is 5.97 Å². The highest BCUT2D eigenvalue weighted by Crippen LogP contribution is 2.38. The molecule has 0 bridgehead atoms. The van der Waals surface area contributed by atoms with Crippen LogP contribution in [0.2, 0.25) is 0 Å². The minimum absolute atomic E-state index is 0.219. The zero-order chi connectivity index (χ0) is 13.2. The van der Waals surface area contributed by atoms with Gasteiger partial charge in [0.25, 0.3) is 6.01 Å². The number of oxazole rings is 1. The van der Waals surface area contributed by atoms with E-state index >= 15 is 0 Å². The van der Waals surface area contributed by atoms with E-state index in [-0.39, 0.29) is 5.69 Å². The zero-order valence-electron chi connectivity index (χ0n) is 11.2. The maximum atomic E-state index is 11.4. The average Bonchev–Trinajstić information content (AvgIpc) is 2.86. The number of carbonyl (C=O) groups is 1. The normalized spacial score (nSPS) is 21.8. The van der Waals surface area contributed by atoms with Crippen molar-refractivity contribution in [2.24, 2.45) is 5.41 Å². The molecule has 2 rings (SSSR count). The minimum Gasteiger partial charge on any atom is -0.461 e. The minimum atomic E-state index is -0.443. The van der Waals surface area contributed by atoms with Crippen LogP contribution in [0.3, 0.4) is 0 Å². The molecule has 1 fully saturated rings. The molecule has 1 aromatic heterocycles. The van der Waals surface area contributed by atoms with E-state index in [2.05, 4.69) is 24.1 Å². The third kappa shape index (κ3) is 3.03. The smallest absolute Gasteiger partial charge is 0.360 e. The highest BCUT2D eigenvalue weighted by atomic mass is 16.5. The number of rotatable bonds is 4. The van der Waals surface area contributed by atoms with Crippen LogP contribution in [-0.2, 0) is 4.74 Å². The molecule has 1 heterocycles.